The second-order valence-corrected chi connectivity index (χ2v) is 11.9. The Bertz CT molecular complexity index is 2100. The molecule has 0 saturated heterocycles. The average molecular weight is 576 g/mol. The van der Waals surface area contributed by atoms with Crippen LogP contribution in [-0.4, -0.2) is 0 Å². The van der Waals surface area contributed by atoms with Crippen molar-refractivity contribution in [1.82, 2.24) is 0 Å². The van der Waals surface area contributed by atoms with Crippen LogP contribution in [0.2, 0.25) is 0 Å². The second-order valence-electron chi connectivity index (χ2n) is 11.9. The summed E-state index contributed by atoms with van der Waals surface area (Å²) in [5.74, 6) is 0. The molecule has 1 nitrogen and oxygen atoms in total. The number of nitrogens with zero attached hydrogens (tertiary/aromatic N) is 1. The molecule has 0 saturated carbocycles. The third kappa shape index (κ3) is 4.56. The zero-order valence-corrected chi connectivity index (χ0v) is 25.3. The molecule has 0 bridgehead atoms. The van der Waals surface area contributed by atoms with Gasteiger partial charge in [0.05, 0.1) is 5.69 Å². The molecule has 1 unspecified atom stereocenters. The predicted molar refractivity (Wildman–Crippen MR) is 189 cm³/mol. The first-order chi connectivity index (χ1) is 22.2. The van der Waals surface area contributed by atoms with E-state index in [-0.39, 0.29) is 5.41 Å². The highest BCUT2D eigenvalue weighted by atomic mass is 15.1. The number of hydrogen-bond acceptors (Lipinski definition) is 1. The maximum absolute atomic E-state index is 2.44. The largest absolute Gasteiger partial charge is 0.310 e. The minimum Gasteiger partial charge on any atom is -0.310 e. The van der Waals surface area contributed by atoms with Crippen LogP contribution in [0.5, 0.6) is 0 Å². The summed E-state index contributed by atoms with van der Waals surface area (Å²) in [6.45, 7) is 2.38. The fraction of sp³-hybridized carbons (Fsp3) is 0.0455. The highest BCUT2D eigenvalue weighted by Crippen LogP contribution is 2.56. The van der Waals surface area contributed by atoms with Crippen molar-refractivity contribution in [1.29, 1.82) is 0 Å². The van der Waals surface area contributed by atoms with Gasteiger partial charge in [-0.3, -0.25) is 0 Å². The van der Waals surface area contributed by atoms with E-state index in [1.165, 1.54) is 55.8 Å². The van der Waals surface area contributed by atoms with Gasteiger partial charge in [-0.25, -0.2) is 0 Å². The molecule has 8 rings (SSSR count). The Balaban J connectivity index is 1.36. The Morgan fingerprint density at radius 1 is 0.400 bits per heavy atom. The first-order valence-electron chi connectivity index (χ1n) is 15.6. The molecule has 0 fully saturated rings. The minimum atomic E-state index is -0.266. The summed E-state index contributed by atoms with van der Waals surface area (Å²) in [5, 5.41) is 0. The van der Waals surface area contributed by atoms with Gasteiger partial charge in [-0.05, 0) is 81.8 Å². The lowest BCUT2D eigenvalue weighted by atomic mass is 9.74. The summed E-state index contributed by atoms with van der Waals surface area (Å²) >= 11 is 0. The Labute approximate surface area is 265 Å². The molecular weight excluding hydrogens is 542 g/mol. The Morgan fingerprint density at radius 3 is 1.64 bits per heavy atom. The SMILES string of the molecule is CC1(c2ccccc2)c2ccccc2-c2c(N(c3ccc(-c4ccccc4)cc3)c3cccc(-c4ccccc4)c3)cccc21. The molecule has 0 N–H and O–H groups in total. The minimum absolute atomic E-state index is 0.266. The molecular formula is C44H33N. The zero-order chi connectivity index (χ0) is 30.2. The van der Waals surface area contributed by atoms with Crippen molar-refractivity contribution in [2.45, 2.75) is 12.3 Å². The molecule has 45 heavy (non-hydrogen) atoms. The van der Waals surface area contributed by atoms with E-state index >= 15 is 0 Å². The molecule has 0 spiro atoms. The normalized spacial score (nSPS) is 14.9. The van der Waals surface area contributed by atoms with Crippen LogP contribution in [0.4, 0.5) is 17.1 Å². The maximum Gasteiger partial charge on any atom is 0.0543 e. The first kappa shape index (κ1) is 26.9. The van der Waals surface area contributed by atoms with Gasteiger partial charge in [-0.15, -0.1) is 0 Å². The van der Waals surface area contributed by atoms with Crippen molar-refractivity contribution in [2.75, 3.05) is 4.90 Å². The van der Waals surface area contributed by atoms with E-state index < -0.39 is 0 Å². The summed E-state index contributed by atoms with van der Waals surface area (Å²) in [5.41, 5.74) is 14.5. The number of hydrogen-bond donors (Lipinski definition) is 0. The van der Waals surface area contributed by atoms with Gasteiger partial charge >= 0.3 is 0 Å². The Morgan fingerprint density at radius 2 is 0.933 bits per heavy atom. The summed E-state index contributed by atoms with van der Waals surface area (Å²) in [7, 11) is 0. The van der Waals surface area contributed by atoms with Gasteiger partial charge in [-0.1, -0.05) is 152 Å². The molecule has 0 aromatic heterocycles. The van der Waals surface area contributed by atoms with Crippen molar-refractivity contribution in [3.63, 3.8) is 0 Å². The van der Waals surface area contributed by atoms with Gasteiger partial charge in [0.15, 0.2) is 0 Å². The van der Waals surface area contributed by atoms with Gasteiger partial charge in [0.2, 0.25) is 0 Å². The van der Waals surface area contributed by atoms with Gasteiger partial charge in [0, 0.05) is 22.4 Å². The average Bonchev–Trinajstić information content (AvgIpc) is 3.39. The summed E-state index contributed by atoms with van der Waals surface area (Å²) in [6, 6.07) is 65.9. The third-order valence-electron chi connectivity index (χ3n) is 9.35. The van der Waals surface area contributed by atoms with Crippen molar-refractivity contribution in [3.05, 3.63) is 199 Å². The zero-order valence-electron chi connectivity index (χ0n) is 25.3. The van der Waals surface area contributed by atoms with Gasteiger partial charge < -0.3 is 4.90 Å². The Hall–Kier alpha value is -5.66. The molecule has 7 aromatic carbocycles. The van der Waals surface area contributed by atoms with Crippen molar-refractivity contribution in [2.24, 2.45) is 0 Å². The van der Waals surface area contributed by atoms with E-state index in [4.69, 9.17) is 0 Å². The lowest BCUT2D eigenvalue weighted by Gasteiger charge is -2.30. The molecule has 0 heterocycles. The van der Waals surface area contributed by atoms with E-state index in [1.54, 1.807) is 0 Å². The van der Waals surface area contributed by atoms with Crippen LogP contribution >= 0.6 is 0 Å². The fourth-order valence-electron chi connectivity index (χ4n) is 7.11. The van der Waals surface area contributed by atoms with Crippen molar-refractivity contribution in [3.8, 4) is 33.4 Å². The van der Waals surface area contributed by atoms with Gasteiger partial charge in [0.25, 0.3) is 0 Å². The van der Waals surface area contributed by atoms with Crippen molar-refractivity contribution < 1.29 is 0 Å². The molecule has 1 aliphatic rings. The van der Waals surface area contributed by atoms with E-state index in [1.807, 2.05) is 0 Å². The fourth-order valence-corrected chi connectivity index (χ4v) is 7.11. The highest BCUT2D eigenvalue weighted by molar-refractivity contribution is 5.96. The van der Waals surface area contributed by atoms with Crippen molar-refractivity contribution >= 4 is 17.1 Å². The van der Waals surface area contributed by atoms with Crippen LogP contribution in [0.1, 0.15) is 23.6 Å². The monoisotopic (exact) mass is 575 g/mol. The van der Waals surface area contributed by atoms with Crippen LogP contribution in [0.3, 0.4) is 0 Å². The van der Waals surface area contributed by atoms with Crippen LogP contribution in [-0.2, 0) is 5.41 Å². The Kier molecular flexibility index (Phi) is 6.65. The van der Waals surface area contributed by atoms with Gasteiger partial charge in [0.1, 0.15) is 0 Å². The summed E-state index contributed by atoms with van der Waals surface area (Å²) in [4.78, 5) is 2.44. The lowest BCUT2D eigenvalue weighted by molar-refractivity contribution is 0.714. The number of benzene rings is 7. The van der Waals surface area contributed by atoms with E-state index in [9.17, 15) is 0 Å². The van der Waals surface area contributed by atoms with E-state index in [0.29, 0.717) is 0 Å². The molecule has 0 radical (unpaired) electrons. The van der Waals surface area contributed by atoms with Crippen LogP contribution < -0.4 is 4.90 Å². The molecule has 0 aliphatic heterocycles. The van der Waals surface area contributed by atoms with Crippen LogP contribution in [0, 0.1) is 0 Å². The number of anilines is 3. The topological polar surface area (TPSA) is 3.24 Å². The summed E-state index contributed by atoms with van der Waals surface area (Å²) in [6.07, 6.45) is 0. The number of fused-ring (bicyclic) bond motifs is 3. The van der Waals surface area contributed by atoms with Crippen LogP contribution in [0.15, 0.2) is 182 Å². The molecule has 1 aliphatic carbocycles. The number of rotatable bonds is 6. The second kappa shape index (κ2) is 11.1. The third-order valence-corrected chi connectivity index (χ3v) is 9.35. The van der Waals surface area contributed by atoms with E-state index in [2.05, 4.69) is 194 Å². The molecule has 1 heteroatoms. The molecule has 7 aromatic rings. The predicted octanol–water partition coefficient (Wildman–Crippen LogP) is 11.8. The molecule has 1 atom stereocenters. The maximum atomic E-state index is 2.44. The van der Waals surface area contributed by atoms with Crippen LogP contribution in [0.25, 0.3) is 33.4 Å². The molecule has 214 valence electrons. The first-order valence-corrected chi connectivity index (χ1v) is 15.6. The standard InChI is InChI=1S/C44H33N/c1-44(36-20-9-4-10-21-36)40-24-12-11-23-39(40)43-41(44)25-14-26-42(43)45(37-29-27-34(28-30-37)32-15-5-2-6-16-32)38-22-13-19-35(31-38)33-17-7-3-8-18-33/h2-31H,1H3. The lowest BCUT2D eigenvalue weighted by Crippen LogP contribution is -2.22. The van der Waals surface area contributed by atoms with E-state index in [0.717, 1.165) is 11.4 Å². The van der Waals surface area contributed by atoms with Gasteiger partial charge in [-0.2, -0.15) is 0 Å². The smallest absolute Gasteiger partial charge is 0.0543 e. The highest BCUT2D eigenvalue weighted by Gasteiger charge is 2.42. The quantitative estimate of drug-likeness (QED) is 0.191. The molecule has 0 amide bonds. The summed E-state index contributed by atoms with van der Waals surface area (Å²) < 4.78 is 0.